The van der Waals surface area contributed by atoms with Gasteiger partial charge in [0.05, 0.1) is 17.1 Å². The zero-order chi connectivity index (χ0) is 24.0. The van der Waals surface area contributed by atoms with Crippen molar-refractivity contribution in [2.24, 2.45) is 0 Å². The van der Waals surface area contributed by atoms with Gasteiger partial charge in [-0.1, -0.05) is 61.5 Å². The number of piperazine rings is 1. The molecule has 1 amide bonds. The monoisotopic (exact) mass is 486 g/mol. The Morgan fingerprint density at radius 2 is 1.66 bits per heavy atom. The summed E-state index contributed by atoms with van der Waals surface area (Å²) in [5.74, 6) is 0.332. The number of hydrogen-bond donors (Lipinski definition) is 2. The number of nitrogens with zero attached hydrogens (tertiary/aromatic N) is 3. The Kier molecular flexibility index (Phi) is 7.35. The fraction of sp³-hybridized carbons (Fsp3) is 0.286. The zero-order valence-electron chi connectivity index (χ0n) is 20.1. The Bertz CT molecular complexity index is 1280. The van der Waals surface area contributed by atoms with Gasteiger partial charge in [0.15, 0.2) is 11.0 Å². The molecule has 3 aromatic carbocycles. The van der Waals surface area contributed by atoms with E-state index in [1.165, 1.54) is 17.3 Å². The molecule has 6 nitrogen and oxygen atoms in total. The molecule has 2 N–H and O–H groups in total. The number of fused-ring (bicyclic) bond motifs is 1. The maximum atomic E-state index is 13.0. The molecule has 0 aliphatic carbocycles. The third-order valence-electron chi connectivity index (χ3n) is 6.54. The lowest BCUT2D eigenvalue weighted by Crippen LogP contribution is -2.46. The van der Waals surface area contributed by atoms with E-state index in [1.807, 2.05) is 30.3 Å². The van der Waals surface area contributed by atoms with E-state index in [-0.39, 0.29) is 5.91 Å². The summed E-state index contributed by atoms with van der Waals surface area (Å²) in [5, 5.41) is 4.15. The number of carbonyl (C=O) groups excluding carboxylic acids is 1. The summed E-state index contributed by atoms with van der Waals surface area (Å²) < 4.78 is 2.25. The third kappa shape index (κ3) is 5.52. The van der Waals surface area contributed by atoms with Crippen molar-refractivity contribution in [3.63, 3.8) is 0 Å². The molecule has 35 heavy (non-hydrogen) atoms. The van der Waals surface area contributed by atoms with E-state index in [0.29, 0.717) is 5.75 Å². The lowest BCUT2D eigenvalue weighted by Gasteiger charge is -2.36. The first-order valence-electron chi connectivity index (χ1n) is 12.2. The summed E-state index contributed by atoms with van der Waals surface area (Å²) >= 11 is 1.54. The highest BCUT2D eigenvalue weighted by Gasteiger charge is 2.22. The molecular weight excluding hydrogens is 454 g/mol. The Morgan fingerprint density at radius 3 is 2.46 bits per heavy atom. The number of anilines is 2. The van der Waals surface area contributed by atoms with Gasteiger partial charge >= 0.3 is 5.16 Å². The minimum absolute atomic E-state index is 0.000406. The van der Waals surface area contributed by atoms with Crippen LogP contribution in [0.3, 0.4) is 0 Å². The normalized spacial score (nSPS) is 14.4. The Labute approximate surface area is 210 Å². The Balaban J connectivity index is 1.29. The molecule has 2 heterocycles. The van der Waals surface area contributed by atoms with E-state index < -0.39 is 0 Å². The standard InChI is InChI=1S/C28H31N5OS/c1-2-31-16-18-32(19-17-31)25-14-8-6-12-23(25)29-27(34)21-35-28-30-24-13-7-9-15-26(24)33(28)20-22-10-4-3-5-11-22/h3-15H,2,16-21H2,1H3,(H,29,34)/p+1. The van der Waals surface area contributed by atoms with Crippen LogP contribution in [0.1, 0.15) is 12.5 Å². The number of thioether (sulfide) groups is 1. The average Bonchev–Trinajstić information content (AvgIpc) is 3.25. The molecule has 0 spiro atoms. The van der Waals surface area contributed by atoms with Crippen LogP contribution in [0.15, 0.2) is 84.0 Å². The lowest BCUT2D eigenvalue weighted by molar-refractivity contribution is -0.700. The third-order valence-corrected chi connectivity index (χ3v) is 7.55. The molecule has 1 aromatic heterocycles. The quantitative estimate of drug-likeness (QED) is 0.287. The van der Waals surface area contributed by atoms with Gasteiger partial charge in [-0.2, -0.15) is 0 Å². The van der Waals surface area contributed by atoms with E-state index in [1.54, 1.807) is 0 Å². The molecular formula is C28H32N5OS+. The van der Waals surface area contributed by atoms with Crippen molar-refractivity contribution in [1.29, 1.82) is 0 Å². The number of amides is 1. The van der Waals surface area contributed by atoms with Crippen molar-refractivity contribution < 1.29 is 9.36 Å². The zero-order valence-corrected chi connectivity index (χ0v) is 20.9. The van der Waals surface area contributed by atoms with Gasteiger partial charge in [-0.05, 0) is 48.1 Å². The van der Waals surface area contributed by atoms with E-state index in [9.17, 15) is 4.79 Å². The SMILES string of the molecule is CCN1CCN(c2ccccc2NC(=O)CSc2[nH]c3ccccc3[n+]2Cc2ccccc2)CC1. The first kappa shape index (κ1) is 23.5. The predicted octanol–water partition coefficient (Wildman–Crippen LogP) is 4.38. The van der Waals surface area contributed by atoms with Gasteiger partial charge in [-0.15, -0.1) is 0 Å². The van der Waals surface area contributed by atoms with Crippen LogP contribution in [0, 0.1) is 0 Å². The number of carbonyl (C=O) groups is 1. The number of likely N-dealkylation sites (N-methyl/N-ethyl adjacent to an activating group) is 1. The number of H-pyrrole nitrogens is 1. The topological polar surface area (TPSA) is 55.2 Å². The highest BCUT2D eigenvalue weighted by Crippen LogP contribution is 2.27. The number of hydrogen-bond acceptors (Lipinski definition) is 4. The summed E-state index contributed by atoms with van der Waals surface area (Å²) in [4.78, 5) is 21.4. The number of benzene rings is 3. The summed E-state index contributed by atoms with van der Waals surface area (Å²) in [7, 11) is 0. The molecule has 1 aliphatic heterocycles. The van der Waals surface area contributed by atoms with Crippen molar-refractivity contribution in [3.8, 4) is 0 Å². The van der Waals surface area contributed by atoms with Gasteiger partial charge < -0.3 is 15.1 Å². The summed E-state index contributed by atoms with van der Waals surface area (Å²) in [6, 6.07) is 26.8. The van der Waals surface area contributed by atoms with E-state index in [2.05, 4.69) is 80.1 Å². The maximum Gasteiger partial charge on any atom is 0.317 e. The van der Waals surface area contributed by atoms with Crippen LogP contribution in [0.25, 0.3) is 11.0 Å². The van der Waals surface area contributed by atoms with Crippen LogP contribution in [0.4, 0.5) is 11.4 Å². The Morgan fingerprint density at radius 1 is 0.943 bits per heavy atom. The van der Waals surface area contributed by atoms with Crippen molar-refractivity contribution in [2.45, 2.75) is 18.6 Å². The van der Waals surface area contributed by atoms with Crippen molar-refractivity contribution in [3.05, 3.63) is 84.4 Å². The molecule has 0 atom stereocenters. The number of aromatic amines is 1. The largest absolute Gasteiger partial charge is 0.367 e. The summed E-state index contributed by atoms with van der Waals surface area (Å²) in [5.41, 5.74) is 5.42. The van der Waals surface area contributed by atoms with Crippen LogP contribution in [-0.2, 0) is 11.3 Å². The molecule has 1 saturated heterocycles. The van der Waals surface area contributed by atoms with Crippen LogP contribution >= 0.6 is 11.8 Å². The predicted molar refractivity (Wildman–Crippen MR) is 144 cm³/mol. The molecule has 0 saturated carbocycles. The van der Waals surface area contributed by atoms with Gasteiger partial charge in [-0.25, -0.2) is 9.55 Å². The second-order valence-electron chi connectivity index (χ2n) is 8.79. The molecule has 0 radical (unpaired) electrons. The molecule has 0 bridgehead atoms. The van der Waals surface area contributed by atoms with Crippen LogP contribution < -0.4 is 14.8 Å². The first-order valence-corrected chi connectivity index (χ1v) is 13.2. The highest BCUT2D eigenvalue weighted by atomic mass is 32.2. The second-order valence-corrected chi connectivity index (χ2v) is 9.76. The maximum absolute atomic E-state index is 13.0. The minimum Gasteiger partial charge on any atom is -0.367 e. The number of nitrogens with one attached hydrogen (secondary N) is 2. The molecule has 5 rings (SSSR count). The van der Waals surface area contributed by atoms with Gasteiger partial charge in [0.1, 0.15) is 6.54 Å². The molecule has 1 aliphatic rings. The van der Waals surface area contributed by atoms with Crippen LogP contribution in [0.2, 0.25) is 0 Å². The molecule has 0 unspecified atom stereocenters. The fourth-order valence-electron chi connectivity index (χ4n) is 4.62. The fourth-order valence-corrected chi connectivity index (χ4v) is 5.46. The second kappa shape index (κ2) is 11.0. The van der Waals surface area contributed by atoms with Crippen LogP contribution in [-0.4, -0.2) is 54.3 Å². The number of para-hydroxylation sites is 4. The smallest absolute Gasteiger partial charge is 0.317 e. The average molecular weight is 487 g/mol. The van der Waals surface area contributed by atoms with E-state index in [4.69, 9.17) is 0 Å². The number of aromatic nitrogens is 2. The first-order chi connectivity index (χ1) is 17.2. The highest BCUT2D eigenvalue weighted by molar-refractivity contribution is 7.99. The summed E-state index contributed by atoms with van der Waals surface area (Å²) in [6.07, 6.45) is 0. The number of imidazole rings is 1. The van der Waals surface area contributed by atoms with E-state index >= 15 is 0 Å². The van der Waals surface area contributed by atoms with Gasteiger partial charge in [0.25, 0.3) is 0 Å². The number of rotatable bonds is 8. The lowest BCUT2D eigenvalue weighted by atomic mass is 10.2. The van der Waals surface area contributed by atoms with Gasteiger partial charge in [-0.3, -0.25) is 4.79 Å². The molecule has 7 heteroatoms. The van der Waals surface area contributed by atoms with E-state index in [0.717, 1.165) is 66.8 Å². The van der Waals surface area contributed by atoms with Crippen molar-refractivity contribution in [2.75, 3.05) is 48.7 Å². The van der Waals surface area contributed by atoms with Crippen molar-refractivity contribution >= 4 is 40.1 Å². The Hall–Kier alpha value is -3.29. The van der Waals surface area contributed by atoms with Crippen molar-refractivity contribution in [1.82, 2.24) is 9.88 Å². The molecule has 4 aromatic rings. The molecule has 180 valence electrons. The van der Waals surface area contributed by atoms with Crippen LogP contribution in [0.5, 0.6) is 0 Å². The van der Waals surface area contributed by atoms with Gasteiger partial charge in [0.2, 0.25) is 5.91 Å². The minimum atomic E-state index is -0.000406. The summed E-state index contributed by atoms with van der Waals surface area (Å²) in [6.45, 7) is 8.10. The molecule has 1 fully saturated rings. The van der Waals surface area contributed by atoms with Gasteiger partial charge in [0, 0.05) is 26.2 Å².